The molecule has 0 radical (unpaired) electrons. The van der Waals surface area contributed by atoms with Gasteiger partial charge in [-0.2, -0.15) is 0 Å². The van der Waals surface area contributed by atoms with Crippen LogP contribution in [0.25, 0.3) is 5.69 Å². The number of nitrogens with zero attached hydrogens (tertiary/aromatic N) is 6. The molecule has 232 valence electrons. The lowest BCUT2D eigenvalue weighted by Crippen LogP contribution is -2.46. The fourth-order valence-corrected chi connectivity index (χ4v) is 6.57. The molecule has 2 fully saturated rings. The van der Waals surface area contributed by atoms with E-state index < -0.39 is 5.79 Å². The van der Waals surface area contributed by atoms with Crippen molar-refractivity contribution in [3.63, 3.8) is 0 Å². The maximum atomic E-state index is 6.60. The second-order valence-electron chi connectivity index (χ2n) is 11.3. The van der Waals surface area contributed by atoms with E-state index in [9.17, 15) is 0 Å². The smallest absolute Gasteiger partial charge is 0.215 e. The van der Waals surface area contributed by atoms with E-state index in [1.807, 2.05) is 48.3 Å². The Bertz CT molecular complexity index is 1720. The average Bonchev–Trinajstić information content (AvgIpc) is 3.83. The van der Waals surface area contributed by atoms with Crippen molar-refractivity contribution in [3.05, 3.63) is 119 Å². The fraction of sp³-hybridized carbons (Fsp3) is 0.294. The maximum absolute atomic E-state index is 6.60. The summed E-state index contributed by atoms with van der Waals surface area (Å²) in [5.41, 5.74) is 4.27. The number of piperazine rings is 1. The minimum atomic E-state index is -1.08. The Morgan fingerprint density at radius 3 is 2.18 bits per heavy atom. The van der Waals surface area contributed by atoms with Crippen LogP contribution in [0, 0.1) is 6.92 Å². The van der Waals surface area contributed by atoms with Crippen molar-refractivity contribution in [2.45, 2.75) is 25.4 Å². The van der Waals surface area contributed by atoms with Gasteiger partial charge in [-0.05, 0) is 67.6 Å². The summed E-state index contributed by atoms with van der Waals surface area (Å²) in [7, 11) is 0. The molecule has 0 saturated carbocycles. The summed E-state index contributed by atoms with van der Waals surface area (Å²) in [6, 6.07) is 22.3. The van der Waals surface area contributed by atoms with Crippen LogP contribution in [0.3, 0.4) is 0 Å². The van der Waals surface area contributed by atoms with Crippen molar-refractivity contribution in [1.29, 1.82) is 0 Å². The molecule has 0 aliphatic carbocycles. The number of imidazole rings is 2. The number of aromatic nitrogens is 4. The Labute approximate surface area is 272 Å². The first-order valence-corrected chi connectivity index (χ1v) is 15.8. The molecule has 2 aromatic heterocycles. The molecular formula is C34H34Cl2N6O3. The summed E-state index contributed by atoms with van der Waals surface area (Å²) in [6.45, 7) is 6.92. The van der Waals surface area contributed by atoms with Crippen LogP contribution in [0.15, 0.2) is 97.8 Å². The Morgan fingerprint density at radius 2 is 1.56 bits per heavy atom. The summed E-state index contributed by atoms with van der Waals surface area (Å²) in [6.07, 6.45) is 8.85. The molecule has 2 unspecified atom stereocenters. The zero-order valence-electron chi connectivity index (χ0n) is 24.9. The van der Waals surface area contributed by atoms with Crippen molar-refractivity contribution in [1.82, 2.24) is 19.1 Å². The van der Waals surface area contributed by atoms with Gasteiger partial charge in [-0.3, -0.25) is 0 Å². The van der Waals surface area contributed by atoms with Gasteiger partial charge in [0.1, 0.15) is 24.3 Å². The van der Waals surface area contributed by atoms with E-state index in [4.69, 9.17) is 37.4 Å². The highest BCUT2D eigenvalue weighted by molar-refractivity contribution is 6.35. The second-order valence-corrected chi connectivity index (χ2v) is 12.1. The number of hydrogen-bond acceptors (Lipinski definition) is 7. The van der Waals surface area contributed by atoms with Crippen LogP contribution in [0.2, 0.25) is 10.0 Å². The lowest BCUT2D eigenvalue weighted by molar-refractivity contribution is -0.189. The van der Waals surface area contributed by atoms with E-state index in [0.29, 0.717) is 29.8 Å². The first-order chi connectivity index (χ1) is 22.0. The van der Waals surface area contributed by atoms with E-state index >= 15 is 0 Å². The summed E-state index contributed by atoms with van der Waals surface area (Å²) in [4.78, 5) is 13.3. The maximum Gasteiger partial charge on any atom is 0.215 e. The van der Waals surface area contributed by atoms with E-state index in [1.165, 1.54) is 11.4 Å². The average molecular weight is 646 g/mol. The quantitative estimate of drug-likeness (QED) is 0.185. The van der Waals surface area contributed by atoms with Gasteiger partial charge in [0.25, 0.3) is 0 Å². The van der Waals surface area contributed by atoms with Crippen LogP contribution in [0.1, 0.15) is 11.4 Å². The van der Waals surface area contributed by atoms with Crippen LogP contribution in [0.5, 0.6) is 5.75 Å². The number of hydrogen-bond donors (Lipinski definition) is 0. The highest BCUT2D eigenvalue weighted by Crippen LogP contribution is 2.40. The van der Waals surface area contributed by atoms with Gasteiger partial charge in [-0.1, -0.05) is 29.3 Å². The molecule has 5 aromatic rings. The predicted molar refractivity (Wildman–Crippen MR) is 176 cm³/mol. The minimum Gasteiger partial charge on any atom is -0.491 e. The zero-order valence-corrected chi connectivity index (χ0v) is 26.4. The van der Waals surface area contributed by atoms with Crippen molar-refractivity contribution in [3.8, 4) is 11.4 Å². The Morgan fingerprint density at radius 1 is 0.867 bits per heavy atom. The number of anilines is 2. The molecule has 3 aromatic carbocycles. The molecule has 2 atom stereocenters. The summed E-state index contributed by atoms with van der Waals surface area (Å²) < 4.78 is 23.0. The molecule has 2 aliphatic heterocycles. The van der Waals surface area contributed by atoms with Gasteiger partial charge in [-0.25, -0.2) is 9.97 Å². The van der Waals surface area contributed by atoms with Gasteiger partial charge in [0.05, 0.1) is 24.5 Å². The molecule has 2 saturated heterocycles. The van der Waals surface area contributed by atoms with E-state index in [2.05, 4.69) is 60.7 Å². The molecule has 4 heterocycles. The molecule has 9 nitrogen and oxygen atoms in total. The normalized spacial score (nSPS) is 20.1. The molecule has 0 bridgehead atoms. The largest absolute Gasteiger partial charge is 0.491 e. The molecule has 45 heavy (non-hydrogen) atoms. The Kier molecular flexibility index (Phi) is 8.42. The first kappa shape index (κ1) is 29.7. The lowest BCUT2D eigenvalue weighted by atomic mass is 10.1. The highest BCUT2D eigenvalue weighted by Gasteiger charge is 2.45. The molecule has 2 aliphatic rings. The van der Waals surface area contributed by atoms with Crippen molar-refractivity contribution in [2.24, 2.45) is 0 Å². The number of ether oxygens (including phenoxy) is 3. The van der Waals surface area contributed by atoms with Crippen LogP contribution in [0.4, 0.5) is 11.4 Å². The summed E-state index contributed by atoms with van der Waals surface area (Å²) >= 11 is 12.8. The van der Waals surface area contributed by atoms with Crippen LogP contribution in [-0.4, -0.2) is 64.6 Å². The van der Waals surface area contributed by atoms with Crippen molar-refractivity contribution < 1.29 is 14.2 Å². The molecule has 0 N–H and O–H groups in total. The Balaban J connectivity index is 0.935. The second kappa shape index (κ2) is 12.8. The summed E-state index contributed by atoms with van der Waals surface area (Å²) in [5.74, 6) is 0.687. The SMILES string of the molecule is Cc1nccn1-c1ccc(N2CCN(c3ccc(OCC4COC(Cn5ccnc5)(c5ccc(Cl)cc5Cl)O4)cc3)CC2)cc1. The summed E-state index contributed by atoms with van der Waals surface area (Å²) in [5, 5.41) is 1.04. The van der Waals surface area contributed by atoms with Crippen molar-refractivity contribution >= 4 is 34.6 Å². The van der Waals surface area contributed by atoms with Crippen LogP contribution >= 0.6 is 23.2 Å². The van der Waals surface area contributed by atoms with Gasteiger partial charge in [-0.15, -0.1) is 0 Å². The minimum absolute atomic E-state index is 0.286. The van der Waals surface area contributed by atoms with Crippen molar-refractivity contribution in [2.75, 3.05) is 49.2 Å². The zero-order chi connectivity index (χ0) is 30.8. The predicted octanol–water partition coefficient (Wildman–Crippen LogP) is 6.36. The molecule has 0 amide bonds. The van der Waals surface area contributed by atoms with E-state index in [0.717, 1.165) is 49.0 Å². The Hall–Kier alpha value is -4.02. The molecule has 0 spiro atoms. The lowest BCUT2D eigenvalue weighted by Gasteiger charge is -2.37. The van der Waals surface area contributed by atoms with Gasteiger partial charge < -0.3 is 33.1 Å². The van der Waals surface area contributed by atoms with E-state index in [1.54, 1.807) is 24.7 Å². The monoisotopic (exact) mass is 644 g/mol. The molecule has 7 rings (SSSR count). The molecular weight excluding hydrogens is 611 g/mol. The molecule has 11 heteroatoms. The number of benzene rings is 3. The fourth-order valence-electron chi connectivity index (χ4n) is 6.02. The van der Waals surface area contributed by atoms with Crippen LogP contribution < -0.4 is 14.5 Å². The third kappa shape index (κ3) is 6.39. The number of aryl methyl sites for hydroxylation is 1. The number of rotatable bonds is 9. The topological polar surface area (TPSA) is 69.8 Å². The van der Waals surface area contributed by atoms with Gasteiger partial charge in [0, 0.05) is 78.6 Å². The van der Waals surface area contributed by atoms with Gasteiger partial charge >= 0.3 is 0 Å². The third-order valence-electron chi connectivity index (χ3n) is 8.39. The highest BCUT2D eigenvalue weighted by atomic mass is 35.5. The standard InChI is InChI=1S/C34H34Cl2N6O3/c1-25-38-13-15-42(25)29-5-3-27(4-6-29)40-16-18-41(19-17-40)28-7-9-30(10-8-28)43-21-31-22-44-34(45-31,23-39-14-12-37-24-39)32-11-2-26(35)20-33(32)36/h2-15,20,24,31H,16-19,21-23H2,1H3. The van der Waals surface area contributed by atoms with Crippen LogP contribution in [-0.2, 0) is 21.8 Å². The van der Waals surface area contributed by atoms with Gasteiger partial charge in [0.2, 0.25) is 5.79 Å². The first-order valence-electron chi connectivity index (χ1n) is 15.0. The van der Waals surface area contributed by atoms with Gasteiger partial charge in [0.15, 0.2) is 0 Å². The van der Waals surface area contributed by atoms with E-state index in [-0.39, 0.29) is 6.10 Å². The number of halogens is 2. The third-order valence-corrected chi connectivity index (χ3v) is 8.93.